The average molecular weight is 375 g/mol. The first-order chi connectivity index (χ1) is 12.7. The molecule has 1 amide bonds. The third kappa shape index (κ3) is 4.43. The van der Waals surface area contributed by atoms with Crippen LogP contribution >= 0.6 is 11.6 Å². The zero-order chi connectivity index (χ0) is 17.9. The van der Waals surface area contributed by atoms with Gasteiger partial charge in [-0.15, -0.1) is 0 Å². The molecule has 1 aliphatic heterocycles. The molecule has 2 saturated carbocycles. The molecular formula is C22H31ClN2O. The molecule has 3 fully saturated rings. The number of halogens is 1. The van der Waals surface area contributed by atoms with Crippen molar-refractivity contribution in [3.8, 4) is 0 Å². The number of rotatable bonds is 5. The number of nitrogens with one attached hydrogen (secondary N) is 1. The molecule has 1 aromatic carbocycles. The van der Waals surface area contributed by atoms with Crippen LogP contribution < -0.4 is 5.32 Å². The van der Waals surface area contributed by atoms with E-state index >= 15 is 0 Å². The van der Waals surface area contributed by atoms with Gasteiger partial charge in [0.25, 0.3) is 0 Å². The molecule has 26 heavy (non-hydrogen) atoms. The predicted molar refractivity (Wildman–Crippen MR) is 106 cm³/mol. The van der Waals surface area contributed by atoms with Crippen LogP contribution in [0.5, 0.6) is 0 Å². The number of nitrogens with zero attached hydrogens (tertiary/aromatic N) is 1. The van der Waals surface area contributed by atoms with Gasteiger partial charge in [0.1, 0.15) is 0 Å². The lowest BCUT2D eigenvalue weighted by molar-refractivity contribution is -0.123. The Balaban J connectivity index is 1.20. The lowest BCUT2D eigenvalue weighted by atomic mass is 9.88. The van der Waals surface area contributed by atoms with E-state index in [1.165, 1.54) is 38.6 Å². The first-order valence-electron chi connectivity index (χ1n) is 10.5. The Morgan fingerprint density at radius 1 is 1.08 bits per heavy atom. The normalized spacial score (nSPS) is 28.0. The van der Waals surface area contributed by atoms with Gasteiger partial charge >= 0.3 is 0 Å². The van der Waals surface area contributed by atoms with Crippen LogP contribution in [0.2, 0.25) is 5.02 Å². The molecule has 1 aromatic rings. The monoisotopic (exact) mass is 374 g/mol. The van der Waals surface area contributed by atoms with Crippen LogP contribution in [0.15, 0.2) is 24.3 Å². The Kier molecular flexibility index (Phi) is 5.85. The van der Waals surface area contributed by atoms with E-state index < -0.39 is 0 Å². The Hall–Kier alpha value is -1.06. The minimum absolute atomic E-state index is 0.121. The van der Waals surface area contributed by atoms with Gasteiger partial charge in [-0.05, 0) is 55.6 Å². The van der Waals surface area contributed by atoms with E-state index in [9.17, 15) is 4.79 Å². The number of benzene rings is 1. The third-order valence-corrected chi connectivity index (χ3v) is 6.95. The summed E-state index contributed by atoms with van der Waals surface area (Å²) in [7, 11) is 0. The molecule has 4 heteroatoms. The number of piperidine rings is 1. The molecule has 2 atom stereocenters. The Bertz CT molecular complexity index is 620. The molecular weight excluding hydrogens is 344 g/mol. The summed E-state index contributed by atoms with van der Waals surface area (Å²) in [5, 5.41) is 4.11. The van der Waals surface area contributed by atoms with Gasteiger partial charge in [0, 0.05) is 36.6 Å². The number of hydrogen-bond acceptors (Lipinski definition) is 2. The van der Waals surface area contributed by atoms with Gasteiger partial charge in [-0.2, -0.15) is 0 Å². The summed E-state index contributed by atoms with van der Waals surface area (Å²) in [6.07, 6.45) is 10.3. The maximum atomic E-state index is 12.6. The molecule has 0 spiro atoms. The van der Waals surface area contributed by atoms with E-state index in [2.05, 4.69) is 16.3 Å². The van der Waals surface area contributed by atoms with Gasteiger partial charge < -0.3 is 10.2 Å². The summed E-state index contributed by atoms with van der Waals surface area (Å²) < 4.78 is 0. The average Bonchev–Trinajstić information content (AvgIpc) is 3.45. The number of amides is 1. The Morgan fingerprint density at radius 3 is 2.54 bits per heavy atom. The zero-order valence-corrected chi connectivity index (χ0v) is 16.4. The summed E-state index contributed by atoms with van der Waals surface area (Å²) in [5.74, 6) is 1.59. The second kappa shape index (κ2) is 8.31. The van der Waals surface area contributed by atoms with Crippen LogP contribution in [0, 0.1) is 11.8 Å². The van der Waals surface area contributed by atoms with E-state index in [-0.39, 0.29) is 11.8 Å². The highest BCUT2D eigenvalue weighted by Crippen LogP contribution is 2.49. The summed E-state index contributed by atoms with van der Waals surface area (Å²) >= 11 is 6.28. The van der Waals surface area contributed by atoms with Crippen molar-refractivity contribution < 1.29 is 4.79 Å². The van der Waals surface area contributed by atoms with Crippen LogP contribution in [0.3, 0.4) is 0 Å². The molecule has 4 rings (SSSR count). The molecule has 1 saturated heterocycles. The van der Waals surface area contributed by atoms with Crippen molar-refractivity contribution in [1.29, 1.82) is 0 Å². The minimum atomic E-state index is 0.121. The summed E-state index contributed by atoms with van der Waals surface area (Å²) in [4.78, 5) is 15.2. The van der Waals surface area contributed by atoms with E-state index in [1.54, 1.807) is 0 Å². The van der Waals surface area contributed by atoms with Crippen LogP contribution in [0.25, 0.3) is 0 Å². The quantitative estimate of drug-likeness (QED) is 0.816. The number of likely N-dealkylation sites (tertiary alicyclic amines) is 1. The molecule has 2 unspecified atom stereocenters. The van der Waals surface area contributed by atoms with Gasteiger partial charge in [0.15, 0.2) is 0 Å². The third-order valence-electron chi connectivity index (χ3n) is 6.61. The predicted octanol–water partition coefficient (Wildman–Crippen LogP) is 4.60. The van der Waals surface area contributed by atoms with Crippen molar-refractivity contribution in [2.24, 2.45) is 11.8 Å². The molecule has 142 valence electrons. The van der Waals surface area contributed by atoms with Gasteiger partial charge in [-0.25, -0.2) is 0 Å². The van der Waals surface area contributed by atoms with Gasteiger partial charge in [-0.3, -0.25) is 4.79 Å². The molecule has 1 heterocycles. The lowest BCUT2D eigenvalue weighted by Crippen LogP contribution is -2.46. The molecule has 0 radical (unpaired) electrons. The fraction of sp³-hybridized carbons (Fsp3) is 0.682. The summed E-state index contributed by atoms with van der Waals surface area (Å²) in [6.45, 7) is 3.55. The second-order valence-corrected chi connectivity index (χ2v) is 8.96. The Morgan fingerprint density at radius 2 is 1.81 bits per heavy atom. The van der Waals surface area contributed by atoms with E-state index in [0.29, 0.717) is 12.0 Å². The van der Waals surface area contributed by atoms with E-state index in [0.717, 1.165) is 48.9 Å². The van der Waals surface area contributed by atoms with Crippen molar-refractivity contribution in [2.45, 2.75) is 63.3 Å². The topological polar surface area (TPSA) is 32.3 Å². The summed E-state index contributed by atoms with van der Waals surface area (Å²) in [5.41, 5.74) is 1.14. The summed E-state index contributed by atoms with van der Waals surface area (Å²) in [6, 6.07) is 8.30. The number of carbonyl (C=O) groups excluding carboxylic acids is 1. The van der Waals surface area contributed by atoms with Gasteiger partial charge in [0.05, 0.1) is 0 Å². The van der Waals surface area contributed by atoms with Crippen LogP contribution in [0.1, 0.15) is 62.8 Å². The fourth-order valence-electron chi connectivity index (χ4n) is 4.91. The molecule has 1 N–H and O–H groups in total. The highest BCUT2D eigenvalue weighted by molar-refractivity contribution is 6.31. The maximum absolute atomic E-state index is 12.6. The maximum Gasteiger partial charge on any atom is 0.223 e. The SMILES string of the molecule is O=C(NC1CCN(CC2CCCCC2)CC1)C1CC1c1ccccc1Cl. The zero-order valence-electron chi connectivity index (χ0n) is 15.6. The molecule has 3 aliphatic rings. The van der Waals surface area contributed by atoms with Crippen LogP contribution in [0.4, 0.5) is 0 Å². The molecule has 0 aromatic heterocycles. The van der Waals surface area contributed by atoms with Crippen molar-refractivity contribution in [3.05, 3.63) is 34.9 Å². The number of hydrogen-bond donors (Lipinski definition) is 1. The standard InChI is InChI=1S/C22H31ClN2O/c23-21-9-5-4-8-18(21)19-14-20(19)22(26)24-17-10-12-25(13-11-17)15-16-6-2-1-3-7-16/h4-5,8-9,16-17,19-20H,1-3,6-7,10-15H2,(H,24,26). The second-order valence-electron chi connectivity index (χ2n) is 8.56. The highest BCUT2D eigenvalue weighted by Gasteiger charge is 2.45. The van der Waals surface area contributed by atoms with Crippen molar-refractivity contribution in [2.75, 3.05) is 19.6 Å². The van der Waals surface area contributed by atoms with Crippen LogP contribution in [-0.4, -0.2) is 36.5 Å². The Labute approximate surface area is 162 Å². The molecule has 2 aliphatic carbocycles. The molecule has 0 bridgehead atoms. The van der Waals surface area contributed by atoms with Crippen molar-refractivity contribution in [3.63, 3.8) is 0 Å². The van der Waals surface area contributed by atoms with Crippen LogP contribution in [-0.2, 0) is 4.79 Å². The molecule has 3 nitrogen and oxygen atoms in total. The van der Waals surface area contributed by atoms with Crippen molar-refractivity contribution in [1.82, 2.24) is 10.2 Å². The lowest BCUT2D eigenvalue weighted by Gasteiger charge is -2.35. The van der Waals surface area contributed by atoms with E-state index in [4.69, 9.17) is 11.6 Å². The highest BCUT2D eigenvalue weighted by atomic mass is 35.5. The number of carbonyl (C=O) groups is 1. The minimum Gasteiger partial charge on any atom is -0.353 e. The fourth-order valence-corrected chi connectivity index (χ4v) is 5.18. The largest absolute Gasteiger partial charge is 0.353 e. The van der Waals surface area contributed by atoms with Gasteiger partial charge in [0.2, 0.25) is 5.91 Å². The first-order valence-corrected chi connectivity index (χ1v) is 10.9. The van der Waals surface area contributed by atoms with E-state index in [1.807, 2.05) is 18.2 Å². The first kappa shape index (κ1) is 18.3. The van der Waals surface area contributed by atoms with Crippen molar-refractivity contribution >= 4 is 17.5 Å². The van der Waals surface area contributed by atoms with Gasteiger partial charge in [-0.1, -0.05) is 49.1 Å². The smallest absolute Gasteiger partial charge is 0.223 e.